The van der Waals surface area contributed by atoms with Gasteiger partial charge in [0.2, 0.25) is 0 Å². The third-order valence-corrected chi connectivity index (χ3v) is 3.15. The van der Waals surface area contributed by atoms with Gasteiger partial charge in [0.15, 0.2) is 0 Å². The average Bonchev–Trinajstić information content (AvgIpc) is 2.83. The minimum atomic E-state index is -0.00680. The summed E-state index contributed by atoms with van der Waals surface area (Å²) in [5, 5.41) is 6.05. The molecule has 0 aliphatic carbocycles. The Labute approximate surface area is 108 Å². The zero-order valence-corrected chi connectivity index (χ0v) is 11.0. The summed E-state index contributed by atoms with van der Waals surface area (Å²) < 4.78 is 5.34. The topological polar surface area (TPSA) is 50.4 Å². The number of ether oxygens (including phenoxy) is 1. The average molecular weight is 248 g/mol. The summed E-state index contributed by atoms with van der Waals surface area (Å²) in [5.74, 6) is 0.421. The van der Waals surface area contributed by atoms with Crippen LogP contribution in [-0.2, 0) is 18.0 Å². The molecule has 1 aromatic carbocycles. The van der Waals surface area contributed by atoms with E-state index in [1.807, 2.05) is 25.2 Å². The Morgan fingerprint density at radius 1 is 1.33 bits per heavy atom. The first-order chi connectivity index (χ1) is 8.70. The van der Waals surface area contributed by atoms with Crippen molar-refractivity contribution in [2.24, 2.45) is 5.92 Å². The van der Waals surface area contributed by atoms with Gasteiger partial charge in [-0.15, -0.1) is 0 Å². The first-order valence-electron chi connectivity index (χ1n) is 6.33. The van der Waals surface area contributed by atoms with Crippen LogP contribution in [0, 0.1) is 5.92 Å². The molecule has 2 rings (SSSR count). The molecule has 4 heteroatoms. The lowest BCUT2D eigenvalue weighted by atomic mass is 10.1. The van der Waals surface area contributed by atoms with Crippen molar-refractivity contribution in [1.29, 1.82) is 0 Å². The van der Waals surface area contributed by atoms with Gasteiger partial charge in [-0.1, -0.05) is 13.0 Å². The SMILES string of the molecule is CNCC(C)CNC(=O)c1ccc2c(c1)COC2. The minimum Gasteiger partial charge on any atom is -0.372 e. The molecule has 1 aromatic rings. The zero-order valence-electron chi connectivity index (χ0n) is 11.0. The molecule has 1 unspecified atom stereocenters. The fourth-order valence-electron chi connectivity index (χ4n) is 2.10. The van der Waals surface area contributed by atoms with Gasteiger partial charge in [-0.2, -0.15) is 0 Å². The van der Waals surface area contributed by atoms with Gasteiger partial charge in [0.25, 0.3) is 5.91 Å². The van der Waals surface area contributed by atoms with E-state index in [0.717, 1.165) is 17.7 Å². The Morgan fingerprint density at radius 2 is 2.11 bits per heavy atom. The lowest BCUT2D eigenvalue weighted by molar-refractivity contribution is 0.0948. The quantitative estimate of drug-likeness (QED) is 0.826. The standard InChI is InChI=1S/C14H20N2O2/c1-10(6-15-2)7-16-14(17)11-3-4-12-8-18-9-13(12)5-11/h3-5,10,15H,6-9H2,1-2H3,(H,16,17). The molecule has 1 aliphatic heterocycles. The van der Waals surface area contributed by atoms with Gasteiger partial charge < -0.3 is 15.4 Å². The molecule has 0 saturated heterocycles. The largest absolute Gasteiger partial charge is 0.372 e. The summed E-state index contributed by atoms with van der Waals surface area (Å²) in [6, 6.07) is 5.78. The molecule has 1 heterocycles. The summed E-state index contributed by atoms with van der Waals surface area (Å²) >= 11 is 0. The van der Waals surface area contributed by atoms with Crippen LogP contribution in [0.25, 0.3) is 0 Å². The van der Waals surface area contributed by atoms with Gasteiger partial charge in [-0.3, -0.25) is 4.79 Å². The highest BCUT2D eigenvalue weighted by molar-refractivity contribution is 5.94. The molecule has 1 atom stereocenters. The van der Waals surface area contributed by atoms with Crippen LogP contribution in [0.1, 0.15) is 28.4 Å². The van der Waals surface area contributed by atoms with Crippen LogP contribution in [0.3, 0.4) is 0 Å². The van der Waals surface area contributed by atoms with Crippen molar-refractivity contribution in [2.75, 3.05) is 20.1 Å². The molecule has 0 bridgehead atoms. The molecule has 0 radical (unpaired) electrons. The number of fused-ring (bicyclic) bond motifs is 1. The maximum Gasteiger partial charge on any atom is 0.251 e. The highest BCUT2D eigenvalue weighted by Crippen LogP contribution is 2.20. The molecular weight excluding hydrogens is 228 g/mol. The van der Waals surface area contributed by atoms with E-state index in [1.165, 1.54) is 5.56 Å². The van der Waals surface area contributed by atoms with Crippen molar-refractivity contribution >= 4 is 5.91 Å². The number of hydrogen-bond donors (Lipinski definition) is 2. The van der Waals surface area contributed by atoms with E-state index >= 15 is 0 Å². The maximum atomic E-state index is 12.0. The molecule has 98 valence electrons. The second-order valence-electron chi connectivity index (χ2n) is 4.85. The number of carbonyl (C=O) groups excluding carboxylic acids is 1. The van der Waals surface area contributed by atoms with Crippen molar-refractivity contribution < 1.29 is 9.53 Å². The molecule has 18 heavy (non-hydrogen) atoms. The lowest BCUT2D eigenvalue weighted by Gasteiger charge is -2.12. The number of benzene rings is 1. The highest BCUT2D eigenvalue weighted by Gasteiger charge is 2.14. The van der Waals surface area contributed by atoms with Gasteiger partial charge in [-0.05, 0) is 42.8 Å². The second-order valence-corrected chi connectivity index (χ2v) is 4.85. The zero-order chi connectivity index (χ0) is 13.0. The summed E-state index contributed by atoms with van der Waals surface area (Å²) in [5.41, 5.74) is 3.04. The van der Waals surface area contributed by atoms with Gasteiger partial charge in [-0.25, -0.2) is 0 Å². The highest BCUT2D eigenvalue weighted by atomic mass is 16.5. The molecule has 0 saturated carbocycles. The van der Waals surface area contributed by atoms with Crippen molar-refractivity contribution in [3.05, 3.63) is 34.9 Å². The Morgan fingerprint density at radius 3 is 2.89 bits per heavy atom. The fraction of sp³-hybridized carbons (Fsp3) is 0.500. The van der Waals surface area contributed by atoms with Crippen LogP contribution in [0.2, 0.25) is 0 Å². The van der Waals surface area contributed by atoms with Crippen LogP contribution in [0.5, 0.6) is 0 Å². The molecule has 1 aliphatic rings. The summed E-state index contributed by atoms with van der Waals surface area (Å²) in [7, 11) is 1.92. The van der Waals surface area contributed by atoms with Crippen molar-refractivity contribution in [1.82, 2.24) is 10.6 Å². The first-order valence-corrected chi connectivity index (χ1v) is 6.33. The molecule has 0 fully saturated rings. The van der Waals surface area contributed by atoms with Crippen LogP contribution in [-0.4, -0.2) is 26.0 Å². The monoisotopic (exact) mass is 248 g/mol. The number of rotatable bonds is 5. The Kier molecular flexibility index (Phi) is 4.33. The summed E-state index contributed by atoms with van der Waals surface area (Å²) in [6.07, 6.45) is 0. The van der Waals surface area contributed by atoms with E-state index in [1.54, 1.807) is 0 Å². The van der Waals surface area contributed by atoms with E-state index in [4.69, 9.17) is 4.74 Å². The van der Waals surface area contributed by atoms with Crippen LogP contribution in [0.4, 0.5) is 0 Å². The third kappa shape index (κ3) is 3.09. The molecule has 4 nitrogen and oxygen atoms in total. The van der Waals surface area contributed by atoms with Crippen LogP contribution >= 0.6 is 0 Å². The van der Waals surface area contributed by atoms with Crippen molar-refractivity contribution in [3.63, 3.8) is 0 Å². The van der Waals surface area contributed by atoms with E-state index in [-0.39, 0.29) is 5.91 Å². The fourth-order valence-corrected chi connectivity index (χ4v) is 2.10. The maximum absolute atomic E-state index is 12.0. The Balaban J connectivity index is 1.93. The second kappa shape index (κ2) is 5.98. The van der Waals surface area contributed by atoms with Crippen molar-refractivity contribution in [2.45, 2.75) is 20.1 Å². The number of carbonyl (C=O) groups is 1. The summed E-state index contributed by atoms with van der Waals surface area (Å²) in [4.78, 5) is 12.0. The van der Waals surface area contributed by atoms with E-state index in [0.29, 0.717) is 25.7 Å². The molecule has 1 amide bonds. The minimum absolute atomic E-state index is 0.00680. The van der Waals surface area contributed by atoms with Gasteiger partial charge in [0, 0.05) is 12.1 Å². The van der Waals surface area contributed by atoms with Crippen molar-refractivity contribution in [3.8, 4) is 0 Å². The number of hydrogen-bond acceptors (Lipinski definition) is 3. The molecular formula is C14H20N2O2. The van der Waals surface area contributed by atoms with E-state index < -0.39 is 0 Å². The molecule has 0 aromatic heterocycles. The predicted octanol–water partition coefficient (Wildman–Crippen LogP) is 1.30. The van der Waals surface area contributed by atoms with Crippen LogP contribution < -0.4 is 10.6 Å². The number of amides is 1. The Bertz CT molecular complexity index is 432. The molecule has 0 spiro atoms. The Hall–Kier alpha value is -1.39. The van der Waals surface area contributed by atoms with Gasteiger partial charge in [0.05, 0.1) is 13.2 Å². The summed E-state index contributed by atoms with van der Waals surface area (Å²) in [6.45, 7) is 4.97. The van der Waals surface area contributed by atoms with Gasteiger partial charge in [0.1, 0.15) is 0 Å². The number of nitrogens with one attached hydrogen (secondary N) is 2. The molecule has 2 N–H and O–H groups in total. The smallest absolute Gasteiger partial charge is 0.251 e. The van der Waals surface area contributed by atoms with Gasteiger partial charge >= 0.3 is 0 Å². The third-order valence-electron chi connectivity index (χ3n) is 3.15. The van der Waals surface area contributed by atoms with Crippen LogP contribution in [0.15, 0.2) is 18.2 Å². The van der Waals surface area contributed by atoms with E-state index in [9.17, 15) is 4.79 Å². The van der Waals surface area contributed by atoms with E-state index in [2.05, 4.69) is 17.6 Å². The normalized spacial score (nSPS) is 15.2. The lowest BCUT2D eigenvalue weighted by Crippen LogP contribution is -2.32. The first kappa shape index (κ1) is 13.1. The predicted molar refractivity (Wildman–Crippen MR) is 70.4 cm³/mol.